The van der Waals surface area contributed by atoms with E-state index in [-0.39, 0.29) is 24.0 Å². The fraction of sp³-hybridized carbons (Fsp3) is 0.611. The smallest absolute Gasteiger partial charge is 0.220 e. The third-order valence-corrected chi connectivity index (χ3v) is 4.90. The van der Waals surface area contributed by atoms with Gasteiger partial charge in [0.15, 0.2) is 0 Å². The maximum Gasteiger partial charge on any atom is 0.220 e. The van der Waals surface area contributed by atoms with Gasteiger partial charge in [-0.25, -0.2) is 0 Å². The van der Waals surface area contributed by atoms with Gasteiger partial charge in [-0.3, -0.25) is 14.2 Å². The number of hydrogen-bond donors (Lipinski definition) is 2. The summed E-state index contributed by atoms with van der Waals surface area (Å²) in [5, 5.41) is 21.4. The van der Waals surface area contributed by atoms with E-state index in [0.717, 1.165) is 42.8 Å². The highest BCUT2D eigenvalue weighted by Gasteiger charge is 2.36. The molecule has 0 radical (unpaired) electrons. The molecule has 2 aromatic heterocycles. The van der Waals surface area contributed by atoms with Crippen LogP contribution in [0.2, 0.25) is 0 Å². The van der Waals surface area contributed by atoms with Crippen molar-refractivity contribution in [1.29, 1.82) is 0 Å². The Hall–Kier alpha value is -2.15. The molecule has 0 saturated heterocycles. The lowest BCUT2D eigenvalue weighted by molar-refractivity contribution is -0.123. The largest absolute Gasteiger partial charge is 0.393 e. The minimum atomic E-state index is -0.243. The van der Waals surface area contributed by atoms with E-state index in [9.17, 15) is 9.90 Å². The number of aliphatic hydroxyl groups is 1. The van der Waals surface area contributed by atoms with Gasteiger partial charge >= 0.3 is 0 Å². The summed E-state index contributed by atoms with van der Waals surface area (Å²) in [6.45, 7) is 4.74. The topological polar surface area (TPSA) is 85.0 Å². The summed E-state index contributed by atoms with van der Waals surface area (Å²) in [7, 11) is 1.87. The second-order valence-electron chi connectivity index (χ2n) is 7.13. The van der Waals surface area contributed by atoms with E-state index in [1.165, 1.54) is 0 Å². The summed E-state index contributed by atoms with van der Waals surface area (Å²) in [4.78, 5) is 12.4. The molecule has 0 aromatic carbocycles. The van der Waals surface area contributed by atoms with Gasteiger partial charge in [0, 0.05) is 37.5 Å². The van der Waals surface area contributed by atoms with Gasteiger partial charge in [0.1, 0.15) is 0 Å². The first-order valence-corrected chi connectivity index (χ1v) is 8.89. The summed E-state index contributed by atoms with van der Waals surface area (Å²) in [6, 6.07) is 1.97. The molecule has 1 atom stereocenters. The summed E-state index contributed by atoms with van der Waals surface area (Å²) in [5.74, 6) is 0.316. The van der Waals surface area contributed by atoms with Crippen LogP contribution in [0.3, 0.4) is 0 Å². The van der Waals surface area contributed by atoms with Crippen LogP contribution in [0, 0.1) is 19.8 Å². The predicted molar refractivity (Wildman–Crippen MR) is 93.8 cm³/mol. The van der Waals surface area contributed by atoms with E-state index < -0.39 is 0 Å². The molecule has 1 aliphatic carbocycles. The monoisotopic (exact) mass is 345 g/mol. The fourth-order valence-corrected chi connectivity index (χ4v) is 3.51. The van der Waals surface area contributed by atoms with Crippen LogP contribution >= 0.6 is 0 Å². The van der Waals surface area contributed by atoms with Crippen LogP contribution in [0.1, 0.15) is 48.7 Å². The lowest BCUT2D eigenvalue weighted by Gasteiger charge is -2.37. The van der Waals surface area contributed by atoms with Gasteiger partial charge in [-0.05, 0) is 45.1 Å². The van der Waals surface area contributed by atoms with Gasteiger partial charge in [0.2, 0.25) is 5.91 Å². The number of hydrogen-bond acceptors (Lipinski definition) is 4. The van der Waals surface area contributed by atoms with Gasteiger partial charge in [0.25, 0.3) is 0 Å². The van der Waals surface area contributed by atoms with E-state index in [1.54, 1.807) is 10.9 Å². The minimum absolute atomic E-state index is 0.0387. The van der Waals surface area contributed by atoms with Gasteiger partial charge in [0.05, 0.1) is 24.0 Å². The Bertz CT molecular complexity index is 730. The normalized spacial score (nSPS) is 21.0. The molecule has 1 amide bonds. The molecule has 1 saturated carbocycles. The lowest BCUT2D eigenvalue weighted by atomic mass is 9.75. The Balaban J connectivity index is 1.54. The average Bonchev–Trinajstić information content (AvgIpc) is 3.08. The molecule has 2 N–H and O–H groups in total. The molecule has 1 aliphatic rings. The highest BCUT2D eigenvalue weighted by atomic mass is 16.3. The van der Waals surface area contributed by atoms with Crippen molar-refractivity contribution in [2.24, 2.45) is 13.0 Å². The van der Waals surface area contributed by atoms with E-state index >= 15 is 0 Å². The summed E-state index contributed by atoms with van der Waals surface area (Å²) in [6.07, 6.45) is 6.16. The molecule has 136 valence electrons. The first-order chi connectivity index (χ1) is 11.9. The molecule has 7 heteroatoms. The zero-order chi connectivity index (χ0) is 18.0. The van der Waals surface area contributed by atoms with Crippen molar-refractivity contribution in [2.75, 3.05) is 0 Å². The van der Waals surface area contributed by atoms with Gasteiger partial charge in [-0.15, -0.1) is 0 Å². The van der Waals surface area contributed by atoms with Crippen LogP contribution in [0.25, 0.3) is 0 Å². The number of aliphatic hydroxyl groups excluding tert-OH is 1. The molecule has 0 spiro atoms. The maximum absolute atomic E-state index is 12.4. The number of aryl methyl sites for hydroxylation is 4. The first-order valence-electron chi connectivity index (χ1n) is 8.89. The zero-order valence-corrected chi connectivity index (χ0v) is 15.1. The Kier molecular flexibility index (Phi) is 5.22. The third kappa shape index (κ3) is 4.28. The number of aromatic nitrogens is 4. The SMILES string of the molecule is Cc1cc(C)n(CCCC(=O)N[C@H](c2cnn(C)c2)C2CC(O)C2)n1. The Morgan fingerprint density at radius 2 is 2.20 bits per heavy atom. The predicted octanol–water partition coefficient (Wildman–Crippen LogP) is 1.64. The second kappa shape index (κ2) is 7.39. The number of nitrogens with one attached hydrogen (secondary N) is 1. The highest BCUT2D eigenvalue weighted by molar-refractivity contribution is 5.76. The van der Waals surface area contributed by atoms with Crippen LogP contribution in [0.4, 0.5) is 0 Å². The second-order valence-corrected chi connectivity index (χ2v) is 7.13. The van der Waals surface area contributed by atoms with Crippen LogP contribution in [0.15, 0.2) is 18.5 Å². The van der Waals surface area contributed by atoms with Crippen molar-refractivity contribution in [2.45, 2.75) is 58.2 Å². The Morgan fingerprint density at radius 3 is 2.76 bits per heavy atom. The van der Waals surface area contributed by atoms with Gasteiger partial charge in [-0.2, -0.15) is 10.2 Å². The molecule has 7 nitrogen and oxygen atoms in total. The fourth-order valence-electron chi connectivity index (χ4n) is 3.51. The van der Waals surface area contributed by atoms with Crippen LogP contribution in [-0.2, 0) is 18.4 Å². The molecule has 25 heavy (non-hydrogen) atoms. The van der Waals surface area contributed by atoms with Crippen molar-refractivity contribution < 1.29 is 9.90 Å². The molecule has 1 fully saturated rings. The molecule has 2 aromatic rings. The number of rotatable bonds is 7. The average molecular weight is 345 g/mol. The van der Waals surface area contributed by atoms with Crippen LogP contribution in [0.5, 0.6) is 0 Å². The van der Waals surface area contributed by atoms with Crippen molar-refractivity contribution in [1.82, 2.24) is 24.9 Å². The molecular formula is C18H27N5O2. The van der Waals surface area contributed by atoms with Crippen molar-refractivity contribution in [3.63, 3.8) is 0 Å². The van der Waals surface area contributed by atoms with E-state index in [1.807, 2.05) is 37.8 Å². The third-order valence-electron chi connectivity index (χ3n) is 4.90. The summed E-state index contributed by atoms with van der Waals surface area (Å²) in [5.41, 5.74) is 3.13. The first kappa shape index (κ1) is 17.7. The molecule has 0 aliphatic heterocycles. The zero-order valence-electron chi connectivity index (χ0n) is 15.1. The van der Waals surface area contributed by atoms with E-state index in [0.29, 0.717) is 6.42 Å². The number of carbonyl (C=O) groups is 1. The Morgan fingerprint density at radius 1 is 1.44 bits per heavy atom. The van der Waals surface area contributed by atoms with E-state index in [4.69, 9.17) is 0 Å². The van der Waals surface area contributed by atoms with Crippen molar-refractivity contribution >= 4 is 5.91 Å². The van der Waals surface area contributed by atoms with Gasteiger partial charge < -0.3 is 10.4 Å². The number of amides is 1. The van der Waals surface area contributed by atoms with E-state index in [2.05, 4.69) is 15.5 Å². The number of nitrogens with zero attached hydrogens (tertiary/aromatic N) is 4. The molecule has 0 unspecified atom stereocenters. The van der Waals surface area contributed by atoms with Gasteiger partial charge in [-0.1, -0.05) is 0 Å². The summed E-state index contributed by atoms with van der Waals surface area (Å²) >= 11 is 0. The highest BCUT2D eigenvalue weighted by Crippen LogP contribution is 2.38. The maximum atomic E-state index is 12.4. The molecule has 3 rings (SSSR count). The van der Waals surface area contributed by atoms with Crippen LogP contribution < -0.4 is 5.32 Å². The quantitative estimate of drug-likeness (QED) is 0.799. The molecule has 0 bridgehead atoms. The minimum Gasteiger partial charge on any atom is -0.393 e. The standard InChI is InChI=1S/C18H27N5O2/c1-12-7-13(2)23(21-12)6-4-5-17(25)20-18(14-8-16(24)9-14)15-10-19-22(3)11-15/h7,10-11,14,16,18,24H,4-6,8-9H2,1-3H3,(H,20,25)/t14?,16?,18-/m0/s1. The Labute approximate surface area is 148 Å². The number of carbonyl (C=O) groups excluding carboxylic acids is 1. The summed E-state index contributed by atoms with van der Waals surface area (Å²) < 4.78 is 3.69. The van der Waals surface area contributed by atoms with Crippen LogP contribution in [-0.4, -0.2) is 36.7 Å². The molecule has 2 heterocycles. The van der Waals surface area contributed by atoms with Crippen molar-refractivity contribution in [3.8, 4) is 0 Å². The lowest BCUT2D eigenvalue weighted by Crippen LogP contribution is -2.41. The van der Waals surface area contributed by atoms with Crippen molar-refractivity contribution in [3.05, 3.63) is 35.4 Å². The molecular weight excluding hydrogens is 318 g/mol.